The molecule has 1 aliphatic rings. The molecular formula is C17H23N3O6. The van der Waals surface area contributed by atoms with Crippen LogP contribution in [0.2, 0.25) is 0 Å². The van der Waals surface area contributed by atoms with E-state index in [0.717, 1.165) is 56.0 Å². The van der Waals surface area contributed by atoms with Crippen LogP contribution in [-0.2, 0) is 16.1 Å². The van der Waals surface area contributed by atoms with Crippen molar-refractivity contribution in [3.63, 3.8) is 0 Å². The van der Waals surface area contributed by atoms with E-state index in [1.165, 1.54) is 0 Å². The first-order chi connectivity index (χ1) is 12.4. The van der Waals surface area contributed by atoms with Crippen molar-refractivity contribution in [2.75, 3.05) is 13.7 Å². The van der Waals surface area contributed by atoms with E-state index in [1.807, 2.05) is 6.92 Å². The highest BCUT2D eigenvalue weighted by molar-refractivity contribution is 5.89. The number of esters is 1. The van der Waals surface area contributed by atoms with Gasteiger partial charge in [0, 0.05) is 24.8 Å². The molecule has 1 aromatic rings. The molecule has 1 amide bonds. The third-order valence-electron chi connectivity index (χ3n) is 4.67. The number of nitro groups is 1. The molecule has 0 radical (unpaired) electrons. The lowest BCUT2D eigenvalue weighted by molar-refractivity contribution is -0.386. The Labute approximate surface area is 150 Å². The van der Waals surface area contributed by atoms with Gasteiger partial charge >= 0.3 is 17.2 Å². The van der Waals surface area contributed by atoms with Gasteiger partial charge in [0.25, 0.3) is 0 Å². The highest BCUT2D eigenvalue weighted by atomic mass is 16.6. The number of aromatic nitrogens is 1. The fourth-order valence-corrected chi connectivity index (χ4v) is 3.37. The van der Waals surface area contributed by atoms with Crippen molar-refractivity contribution >= 4 is 17.6 Å². The minimum atomic E-state index is -0.921. The lowest BCUT2D eigenvalue weighted by atomic mass is 9.94. The van der Waals surface area contributed by atoms with Crippen LogP contribution in [0.4, 0.5) is 5.69 Å². The van der Waals surface area contributed by atoms with Gasteiger partial charge in [-0.15, -0.1) is 0 Å². The van der Waals surface area contributed by atoms with E-state index in [2.05, 4.69) is 4.74 Å². The molecule has 142 valence electrons. The minimum Gasteiger partial charge on any atom is -0.465 e. The molecule has 1 saturated carbocycles. The SMILES string of the molecule is CCN(C(=O)Cn1cc(C(=O)OC)cc([N+](=O)[O-])c1=O)C1CCCCC1. The number of ether oxygens (including phenoxy) is 1. The average Bonchev–Trinajstić information content (AvgIpc) is 2.64. The predicted octanol–water partition coefficient (Wildman–Crippen LogP) is 1.72. The van der Waals surface area contributed by atoms with E-state index in [0.29, 0.717) is 6.54 Å². The number of nitrogens with zero attached hydrogens (tertiary/aromatic N) is 3. The Bertz CT molecular complexity index is 751. The van der Waals surface area contributed by atoms with Gasteiger partial charge in [0.05, 0.1) is 17.6 Å². The van der Waals surface area contributed by atoms with Crippen LogP contribution in [0.1, 0.15) is 49.4 Å². The van der Waals surface area contributed by atoms with Crippen LogP contribution in [0.25, 0.3) is 0 Å². The summed E-state index contributed by atoms with van der Waals surface area (Å²) in [5, 5.41) is 11.1. The van der Waals surface area contributed by atoms with Crippen LogP contribution in [0.15, 0.2) is 17.1 Å². The molecule has 0 aliphatic heterocycles. The Balaban J connectivity index is 2.32. The quantitative estimate of drug-likeness (QED) is 0.431. The Kier molecular flexibility index (Phi) is 6.48. The zero-order chi connectivity index (χ0) is 19.3. The predicted molar refractivity (Wildman–Crippen MR) is 93.0 cm³/mol. The van der Waals surface area contributed by atoms with Crippen LogP contribution in [-0.4, -0.2) is 46.0 Å². The molecule has 0 atom stereocenters. The molecule has 1 aromatic heterocycles. The topological polar surface area (TPSA) is 112 Å². The summed E-state index contributed by atoms with van der Waals surface area (Å²) < 4.78 is 5.48. The molecule has 2 rings (SSSR count). The molecule has 9 nitrogen and oxygen atoms in total. The van der Waals surface area contributed by atoms with Crippen molar-refractivity contribution in [1.82, 2.24) is 9.47 Å². The first-order valence-corrected chi connectivity index (χ1v) is 8.65. The number of carbonyl (C=O) groups excluding carboxylic acids is 2. The molecule has 1 fully saturated rings. The molecule has 0 unspecified atom stereocenters. The lowest BCUT2D eigenvalue weighted by Gasteiger charge is -2.33. The normalized spacial score (nSPS) is 14.7. The number of rotatable bonds is 6. The summed E-state index contributed by atoms with van der Waals surface area (Å²) in [7, 11) is 1.14. The molecular weight excluding hydrogens is 342 g/mol. The fourth-order valence-electron chi connectivity index (χ4n) is 3.37. The standard InChI is InChI=1S/C17H23N3O6/c1-3-19(13-7-5-4-6-8-13)15(21)11-18-10-12(17(23)26-2)9-14(16(18)22)20(24)25/h9-10,13H,3-8,11H2,1-2H3. The van der Waals surface area contributed by atoms with Crippen molar-refractivity contribution in [3.05, 3.63) is 38.3 Å². The summed E-state index contributed by atoms with van der Waals surface area (Å²) in [5.41, 5.74) is -1.83. The van der Waals surface area contributed by atoms with E-state index >= 15 is 0 Å². The first kappa shape index (κ1) is 19.6. The Morgan fingerprint density at radius 2 is 2.00 bits per heavy atom. The zero-order valence-electron chi connectivity index (χ0n) is 15.0. The van der Waals surface area contributed by atoms with Gasteiger partial charge < -0.3 is 9.64 Å². The summed E-state index contributed by atoms with van der Waals surface area (Å²) >= 11 is 0. The number of likely N-dealkylation sites (N-methyl/N-ethyl adjacent to an activating group) is 1. The fraction of sp³-hybridized carbons (Fsp3) is 0.588. The third-order valence-corrected chi connectivity index (χ3v) is 4.67. The van der Waals surface area contributed by atoms with Crippen molar-refractivity contribution in [2.45, 2.75) is 51.6 Å². The molecule has 1 aliphatic carbocycles. The van der Waals surface area contributed by atoms with Crippen molar-refractivity contribution in [3.8, 4) is 0 Å². The molecule has 26 heavy (non-hydrogen) atoms. The van der Waals surface area contributed by atoms with Crippen LogP contribution in [0, 0.1) is 10.1 Å². The van der Waals surface area contributed by atoms with Gasteiger partial charge in [0.15, 0.2) is 0 Å². The van der Waals surface area contributed by atoms with E-state index in [9.17, 15) is 24.5 Å². The van der Waals surface area contributed by atoms with Gasteiger partial charge in [0.1, 0.15) is 6.54 Å². The van der Waals surface area contributed by atoms with Gasteiger partial charge in [0.2, 0.25) is 5.91 Å². The molecule has 0 spiro atoms. The van der Waals surface area contributed by atoms with Crippen molar-refractivity contribution < 1.29 is 19.2 Å². The molecule has 1 heterocycles. The summed E-state index contributed by atoms with van der Waals surface area (Å²) in [6.45, 7) is 2.01. The number of methoxy groups -OCH3 is 1. The maximum absolute atomic E-state index is 12.7. The van der Waals surface area contributed by atoms with Crippen LogP contribution in [0.3, 0.4) is 0 Å². The number of carbonyl (C=O) groups is 2. The molecule has 0 bridgehead atoms. The number of hydrogen-bond donors (Lipinski definition) is 0. The van der Waals surface area contributed by atoms with Crippen LogP contribution in [0.5, 0.6) is 0 Å². The molecule has 9 heteroatoms. The second-order valence-electron chi connectivity index (χ2n) is 6.27. The highest BCUT2D eigenvalue weighted by Crippen LogP contribution is 2.22. The van der Waals surface area contributed by atoms with E-state index < -0.39 is 22.1 Å². The largest absolute Gasteiger partial charge is 0.465 e. The maximum Gasteiger partial charge on any atom is 0.339 e. The second-order valence-corrected chi connectivity index (χ2v) is 6.27. The number of hydrogen-bond acceptors (Lipinski definition) is 6. The Hall–Kier alpha value is -2.71. The molecule has 0 N–H and O–H groups in total. The maximum atomic E-state index is 12.7. The minimum absolute atomic E-state index is 0.121. The molecule has 0 saturated heterocycles. The summed E-state index contributed by atoms with van der Waals surface area (Å²) in [4.78, 5) is 48.7. The van der Waals surface area contributed by atoms with Gasteiger partial charge in [-0.05, 0) is 19.8 Å². The summed E-state index contributed by atoms with van der Waals surface area (Å²) in [5.74, 6) is -1.10. The average molecular weight is 365 g/mol. The van der Waals surface area contributed by atoms with E-state index in [4.69, 9.17) is 0 Å². The first-order valence-electron chi connectivity index (χ1n) is 8.65. The third kappa shape index (κ3) is 4.27. The smallest absolute Gasteiger partial charge is 0.339 e. The van der Waals surface area contributed by atoms with Gasteiger partial charge in [-0.1, -0.05) is 19.3 Å². The van der Waals surface area contributed by atoms with Gasteiger partial charge in [-0.25, -0.2) is 4.79 Å². The summed E-state index contributed by atoms with van der Waals surface area (Å²) in [6.07, 6.45) is 6.21. The van der Waals surface area contributed by atoms with Crippen molar-refractivity contribution in [2.24, 2.45) is 0 Å². The van der Waals surface area contributed by atoms with Gasteiger partial charge in [-0.2, -0.15) is 0 Å². The Morgan fingerprint density at radius 3 is 2.54 bits per heavy atom. The molecule has 0 aromatic carbocycles. The van der Waals surface area contributed by atoms with Crippen LogP contribution < -0.4 is 5.56 Å². The number of amides is 1. The number of pyridine rings is 1. The zero-order valence-corrected chi connectivity index (χ0v) is 15.0. The Morgan fingerprint density at radius 1 is 1.35 bits per heavy atom. The van der Waals surface area contributed by atoms with E-state index in [1.54, 1.807) is 4.90 Å². The summed E-state index contributed by atoms with van der Waals surface area (Å²) in [6, 6.07) is 0.990. The second kappa shape index (κ2) is 8.59. The lowest BCUT2D eigenvalue weighted by Crippen LogP contribution is -2.44. The van der Waals surface area contributed by atoms with Gasteiger partial charge in [-0.3, -0.25) is 24.3 Å². The van der Waals surface area contributed by atoms with Crippen LogP contribution >= 0.6 is 0 Å². The van der Waals surface area contributed by atoms with Crippen molar-refractivity contribution in [1.29, 1.82) is 0 Å². The van der Waals surface area contributed by atoms with E-state index in [-0.39, 0.29) is 24.1 Å². The highest BCUT2D eigenvalue weighted by Gasteiger charge is 2.26. The monoisotopic (exact) mass is 365 g/mol.